The molecule has 6 nitrogen and oxygen atoms in total. The topological polar surface area (TPSA) is 65.4 Å². The van der Waals surface area contributed by atoms with Crippen LogP contribution >= 0.6 is 0 Å². The maximum atomic E-state index is 12.6. The highest BCUT2D eigenvalue weighted by Gasteiger charge is 2.17. The van der Waals surface area contributed by atoms with E-state index in [9.17, 15) is 4.79 Å². The third-order valence-electron chi connectivity index (χ3n) is 3.63. The molecule has 1 N–H and O–H groups in total. The van der Waals surface area contributed by atoms with E-state index in [4.69, 9.17) is 9.47 Å². The van der Waals surface area contributed by atoms with E-state index in [-0.39, 0.29) is 5.91 Å². The van der Waals surface area contributed by atoms with Gasteiger partial charge in [0.15, 0.2) is 5.69 Å². The number of carbonyl (C=O) groups is 1. The maximum absolute atomic E-state index is 12.6. The monoisotopic (exact) mass is 311 g/mol. The minimum atomic E-state index is -0.298. The zero-order valence-electron chi connectivity index (χ0n) is 13.2. The van der Waals surface area contributed by atoms with Crippen molar-refractivity contribution in [2.45, 2.75) is 0 Å². The summed E-state index contributed by atoms with van der Waals surface area (Å²) in [7, 11) is 4.93. The first-order chi connectivity index (χ1) is 11.1. The van der Waals surface area contributed by atoms with Crippen molar-refractivity contribution in [1.82, 2.24) is 9.78 Å². The highest BCUT2D eigenvalue weighted by molar-refractivity contribution is 6.11. The molecule has 0 aliphatic rings. The second-order valence-corrected chi connectivity index (χ2v) is 5.01. The molecule has 6 heteroatoms. The summed E-state index contributed by atoms with van der Waals surface area (Å²) in [5.41, 5.74) is 1.80. The Morgan fingerprint density at radius 1 is 1.13 bits per heavy atom. The average molecular weight is 311 g/mol. The Kier molecular flexibility index (Phi) is 3.89. The summed E-state index contributed by atoms with van der Waals surface area (Å²) >= 11 is 0. The molecule has 1 heterocycles. The number of benzene rings is 2. The maximum Gasteiger partial charge on any atom is 0.276 e. The number of anilines is 1. The van der Waals surface area contributed by atoms with E-state index in [1.807, 2.05) is 31.3 Å². The van der Waals surface area contributed by atoms with E-state index < -0.39 is 0 Å². The molecular formula is C17H17N3O3. The van der Waals surface area contributed by atoms with Crippen LogP contribution in [0.25, 0.3) is 10.9 Å². The molecule has 1 amide bonds. The second-order valence-electron chi connectivity index (χ2n) is 5.01. The van der Waals surface area contributed by atoms with Crippen LogP contribution in [0.5, 0.6) is 11.5 Å². The molecule has 0 saturated carbocycles. The fourth-order valence-corrected chi connectivity index (χ4v) is 2.47. The fourth-order valence-electron chi connectivity index (χ4n) is 2.47. The van der Waals surface area contributed by atoms with Crippen molar-refractivity contribution >= 4 is 22.5 Å². The number of nitrogens with zero attached hydrogens (tertiary/aromatic N) is 2. The summed E-state index contributed by atoms with van der Waals surface area (Å²) in [6, 6.07) is 12.8. The quantitative estimate of drug-likeness (QED) is 0.804. The number of nitrogens with one attached hydrogen (secondary N) is 1. The number of para-hydroxylation sites is 1. The van der Waals surface area contributed by atoms with Gasteiger partial charge in [0.2, 0.25) is 0 Å². The third kappa shape index (κ3) is 2.70. The summed E-state index contributed by atoms with van der Waals surface area (Å²) in [4.78, 5) is 12.6. The van der Waals surface area contributed by atoms with E-state index in [2.05, 4.69) is 10.4 Å². The molecule has 0 radical (unpaired) electrons. The lowest BCUT2D eigenvalue weighted by Gasteiger charge is -2.11. The van der Waals surface area contributed by atoms with Crippen LogP contribution in [-0.2, 0) is 7.05 Å². The molecular weight excluding hydrogens is 294 g/mol. The largest absolute Gasteiger partial charge is 0.497 e. The van der Waals surface area contributed by atoms with Gasteiger partial charge in [0, 0.05) is 18.5 Å². The van der Waals surface area contributed by atoms with Crippen LogP contribution in [0.1, 0.15) is 10.5 Å². The van der Waals surface area contributed by atoms with Crippen LogP contribution in [0.4, 0.5) is 5.69 Å². The van der Waals surface area contributed by atoms with Crippen LogP contribution in [0.3, 0.4) is 0 Å². The Bertz CT molecular complexity index is 871. The molecule has 2 aromatic carbocycles. The van der Waals surface area contributed by atoms with E-state index >= 15 is 0 Å². The predicted molar refractivity (Wildman–Crippen MR) is 88.2 cm³/mol. The van der Waals surface area contributed by atoms with Crippen LogP contribution in [0.15, 0.2) is 42.5 Å². The normalized spacial score (nSPS) is 10.6. The average Bonchev–Trinajstić information content (AvgIpc) is 2.92. The van der Waals surface area contributed by atoms with E-state index in [1.165, 1.54) is 0 Å². The number of rotatable bonds is 4. The van der Waals surface area contributed by atoms with Crippen molar-refractivity contribution in [3.8, 4) is 11.5 Å². The molecule has 0 atom stereocenters. The third-order valence-corrected chi connectivity index (χ3v) is 3.63. The summed E-state index contributed by atoms with van der Waals surface area (Å²) in [5, 5.41) is 7.95. The predicted octanol–water partition coefficient (Wildman–Crippen LogP) is 2.84. The van der Waals surface area contributed by atoms with E-state index in [0.29, 0.717) is 22.9 Å². The molecule has 0 saturated heterocycles. The first-order valence-electron chi connectivity index (χ1n) is 7.09. The van der Waals surface area contributed by atoms with Crippen molar-refractivity contribution in [3.63, 3.8) is 0 Å². The Morgan fingerprint density at radius 2 is 1.91 bits per heavy atom. The van der Waals surface area contributed by atoms with Crippen LogP contribution < -0.4 is 14.8 Å². The molecule has 1 aromatic heterocycles. The minimum absolute atomic E-state index is 0.298. The number of amides is 1. The Morgan fingerprint density at radius 3 is 2.65 bits per heavy atom. The first kappa shape index (κ1) is 14.9. The van der Waals surface area contributed by atoms with Crippen molar-refractivity contribution in [2.75, 3.05) is 19.5 Å². The molecule has 0 bridgehead atoms. The van der Waals surface area contributed by atoms with Gasteiger partial charge in [-0.25, -0.2) is 0 Å². The number of carbonyl (C=O) groups excluding carboxylic acids is 1. The van der Waals surface area contributed by atoms with Crippen molar-refractivity contribution in [3.05, 3.63) is 48.2 Å². The SMILES string of the molecule is COc1ccc(OC)c(NC(=O)c2nn(C)c3ccccc23)c1. The lowest BCUT2D eigenvalue weighted by atomic mass is 10.2. The molecule has 3 rings (SSSR count). The van der Waals surface area contributed by atoms with E-state index in [0.717, 1.165) is 10.9 Å². The van der Waals surface area contributed by atoms with Gasteiger partial charge in [-0.15, -0.1) is 0 Å². The molecule has 0 aliphatic carbocycles. The van der Waals surface area contributed by atoms with Crippen LogP contribution in [0, 0.1) is 0 Å². The second kappa shape index (κ2) is 6.00. The van der Waals surface area contributed by atoms with Gasteiger partial charge in [-0.1, -0.05) is 18.2 Å². The molecule has 0 fully saturated rings. The number of methoxy groups -OCH3 is 2. The lowest BCUT2D eigenvalue weighted by molar-refractivity contribution is 0.102. The Hall–Kier alpha value is -3.02. The fraction of sp³-hybridized carbons (Fsp3) is 0.176. The van der Waals surface area contributed by atoms with Gasteiger partial charge in [-0.2, -0.15) is 5.10 Å². The number of hydrogen-bond donors (Lipinski definition) is 1. The summed E-state index contributed by atoms with van der Waals surface area (Å²) in [6.07, 6.45) is 0. The molecule has 3 aromatic rings. The van der Waals surface area contributed by atoms with Crippen molar-refractivity contribution < 1.29 is 14.3 Å². The smallest absolute Gasteiger partial charge is 0.276 e. The molecule has 0 spiro atoms. The van der Waals surface area contributed by atoms with Gasteiger partial charge in [-0.3, -0.25) is 9.48 Å². The molecule has 0 unspecified atom stereocenters. The number of ether oxygens (including phenoxy) is 2. The number of fused-ring (bicyclic) bond motifs is 1. The number of aryl methyl sites for hydroxylation is 1. The molecule has 0 aliphatic heterocycles. The Balaban J connectivity index is 1.98. The van der Waals surface area contributed by atoms with Gasteiger partial charge in [-0.05, 0) is 18.2 Å². The highest BCUT2D eigenvalue weighted by atomic mass is 16.5. The highest BCUT2D eigenvalue weighted by Crippen LogP contribution is 2.29. The van der Waals surface area contributed by atoms with Gasteiger partial charge >= 0.3 is 0 Å². The summed E-state index contributed by atoms with van der Waals surface area (Å²) in [6.45, 7) is 0. The number of aromatic nitrogens is 2. The molecule has 118 valence electrons. The van der Waals surface area contributed by atoms with Crippen molar-refractivity contribution in [2.24, 2.45) is 7.05 Å². The summed E-state index contributed by atoms with van der Waals surface area (Å²) in [5.74, 6) is 0.889. The van der Waals surface area contributed by atoms with Crippen LogP contribution in [0.2, 0.25) is 0 Å². The zero-order valence-corrected chi connectivity index (χ0v) is 13.2. The van der Waals surface area contributed by atoms with Gasteiger partial charge in [0.1, 0.15) is 11.5 Å². The van der Waals surface area contributed by atoms with Gasteiger partial charge < -0.3 is 14.8 Å². The zero-order chi connectivity index (χ0) is 16.4. The van der Waals surface area contributed by atoms with Gasteiger partial charge in [0.25, 0.3) is 5.91 Å². The molecule has 23 heavy (non-hydrogen) atoms. The van der Waals surface area contributed by atoms with E-state index in [1.54, 1.807) is 37.1 Å². The van der Waals surface area contributed by atoms with Gasteiger partial charge in [0.05, 0.1) is 25.4 Å². The standard InChI is InChI=1S/C17H17N3O3/c1-20-14-7-5-4-6-12(14)16(19-20)17(21)18-13-10-11(22-2)8-9-15(13)23-3/h4-10H,1-3H3,(H,18,21). The summed E-state index contributed by atoms with van der Waals surface area (Å²) < 4.78 is 12.2. The van der Waals surface area contributed by atoms with Crippen LogP contribution in [-0.4, -0.2) is 29.9 Å². The minimum Gasteiger partial charge on any atom is -0.497 e. The van der Waals surface area contributed by atoms with Crippen molar-refractivity contribution in [1.29, 1.82) is 0 Å². The number of hydrogen-bond acceptors (Lipinski definition) is 4. The Labute approximate surface area is 133 Å². The first-order valence-corrected chi connectivity index (χ1v) is 7.09. The lowest BCUT2D eigenvalue weighted by Crippen LogP contribution is -2.14.